The maximum atomic E-state index is 11.5. The molecule has 7 N–H and O–H groups in total. The molecule has 0 unspecified atom stereocenters. The third-order valence-electron chi connectivity index (χ3n) is 1.83. The molecule has 0 aliphatic heterocycles. The normalized spacial score (nSPS) is 11.2. The van der Waals surface area contributed by atoms with E-state index in [2.05, 4.69) is 10.2 Å². The van der Waals surface area contributed by atoms with Crippen LogP contribution in [0.4, 0.5) is 0 Å². The lowest BCUT2D eigenvalue weighted by molar-refractivity contribution is 0.447. The van der Waals surface area contributed by atoms with Crippen molar-refractivity contribution in [2.45, 2.75) is 13.3 Å². The van der Waals surface area contributed by atoms with Crippen molar-refractivity contribution in [3.8, 4) is 5.88 Å². The van der Waals surface area contributed by atoms with E-state index in [0.29, 0.717) is 6.42 Å². The fourth-order valence-corrected chi connectivity index (χ4v) is 1.16. The molecule has 0 bridgehead atoms. The van der Waals surface area contributed by atoms with Crippen molar-refractivity contribution in [1.82, 2.24) is 9.97 Å². The first kappa shape index (κ1) is 12.5. The average Bonchev–Trinajstić information content (AvgIpc) is 2.21. The topological polar surface area (TPSA) is 163 Å². The minimum Gasteiger partial charge on any atom is -0.494 e. The van der Waals surface area contributed by atoms with Crippen LogP contribution in [0.25, 0.3) is 0 Å². The van der Waals surface area contributed by atoms with Crippen molar-refractivity contribution in [1.29, 1.82) is 0 Å². The van der Waals surface area contributed by atoms with E-state index in [1.807, 2.05) is 9.97 Å². The Bertz CT molecular complexity index is 578. The second-order valence-electron chi connectivity index (χ2n) is 3.06. The molecular weight excluding hydrogens is 228 g/mol. The summed E-state index contributed by atoms with van der Waals surface area (Å²) in [5.74, 6) is -0.860. The summed E-state index contributed by atoms with van der Waals surface area (Å²) in [5.41, 5.74) is 8.58. The van der Waals surface area contributed by atoms with Crippen molar-refractivity contribution in [3.05, 3.63) is 26.4 Å². The van der Waals surface area contributed by atoms with E-state index in [4.69, 9.17) is 11.5 Å². The Morgan fingerprint density at radius 1 is 1.29 bits per heavy atom. The first-order valence-electron chi connectivity index (χ1n) is 4.67. The number of hydrogen-bond donors (Lipinski definition) is 5. The van der Waals surface area contributed by atoms with Crippen LogP contribution >= 0.6 is 0 Å². The smallest absolute Gasteiger partial charge is 0.328 e. The van der Waals surface area contributed by atoms with Crippen LogP contribution in [0.3, 0.4) is 0 Å². The highest BCUT2D eigenvalue weighted by Gasteiger charge is 2.14. The summed E-state index contributed by atoms with van der Waals surface area (Å²) >= 11 is 0. The molecule has 1 rings (SSSR count). The highest BCUT2D eigenvalue weighted by atomic mass is 16.3. The minimum atomic E-state index is -0.812. The maximum Gasteiger partial charge on any atom is 0.328 e. The number of aromatic hydroxyl groups is 1. The van der Waals surface area contributed by atoms with Gasteiger partial charge in [-0.2, -0.15) is 5.10 Å². The predicted octanol–water partition coefficient (Wildman–Crippen LogP) is -1.84. The molecule has 0 aromatic carbocycles. The molecular formula is C8H12N6O3. The Morgan fingerprint density at radius 2 is 1.94 bits per heavy atom. The molecule has 0 amide bonds. The summed E-state index contributed by atoms with van der Waals surface area (Å²) < 4.78 is 0. The average molecular weight is 240 g/mol. The van der Waals surface area contributed by atoms with Gasteiger partial charge < -0.3 is 16.6 Å². The van der Waals surface area contributed by atoms with Crippen LogP contribution in [-0.4, -0.2) is 26.7 Å². The molecule has 0 fully saturated rings. The third-order valence-corrected chi connectivity index (χ3v) is 1.83. The molecule has 1 aromatic rings. The van der Waals surface area contributed by atoms with Crippen molar-refractivity contribution < 1.29 is 5.11 Å². The lowest BCUT2D eigenvalue weighted by Gasteiger charge is -2.02. The van der Waals surface area contributed by atoms with Crippen molar-refractivity contribution in [3.63, 3.8) is 0 Å². The number of H-pyrrole nitrogens is 2. The fourth-order valence-electron chi connectivity index (χ4n) is 1.16. The molecule has 1 aromatic heterocycles. The number of nitrogens with zero attached hydrogens (tertiary/aromatic N) is 2. The van der Waals surface area contributed by atoms with E-state index in [1.165, 1.54) is 0 Å². The van der Waals surface area contributed by atoms with E-state index < -0.39 is 17.1 Å². The van der Waals surface area contributed by atoms with Gasteiger partial charge in [-0.3, -0.25) is 14.8 Å². The van der Waals surface area contributed by atoms with Gasteiger partial charge >= 0.3 is 5.69 Å². The van der Waals surface area contributed by atoms with Crippen LogP contribution in [0.2, 0.25) is 0 Å². The zero-order chi connectivity index (χ0) is 13.0. The van der Waals surface area contributed by atoms with Gasteiger partial charge in [-0.1, -0.05) is 6.92 Å². The Hall–Kier alpha value is -2.58. The lowest BCUT2D eigenvalue weighted by atomic mass is 10.1. The minimum absolute atomic E-state index is 0.147. The zero-order valence-corrected chi connectivity index (χ0v) is 9.02. The van der Waals surface area contributed by atoms with Gasteiger partial charge in [0.25, 0.3) is 5.56 Å². The number of aromatic nitrogens is 2. The molecule has 0 aliphatic rings. The van der Waals surface area contributed by atoms with E-state index in [-0.39, 0.29) is 17.2 Å². The Labute approximate surface area is 94.9 Å². The van der Waals surface area contributed by atoms with Crippen molar-refractivity contribution in [2.24, 2.45) is 21.7 Å². The number of nitrogens with two attached hydrogens (primary N) is 2. The molecule has 1 heterocycles. The van der Waals surface area contributed by atoms with E-state index in [0.717, 1.165) is 0 Å². The Kier molecular flexibility index (Phi) is 3.65. The van der Waals surface area contributed by atoms with Gasteiger partial charge in [0.2, 0.25) is 11.8 Å². The number of hydrogen-bond acceptors (Lipinski definition) is 5. The van der Waals surface area contributed by atoms with E-state index in [1.54, 1.807) is 6.92 Å². The van der Waals surface area contributed by atoms with E-state index >= 15 is 0 Å². The van der Waals surface area contributed by atoms with Gasteiger partial charge in [-0.25, -0.2) is 4.79 Å². The monoisotopic (exact) mass is 240 g/mol. The van der Waals surface area contributed by atoms with Crippen molar-refractivity contribution in [2.75, 3.05) is 0 Å². The highest BCUT2D eigenvalue weighted by Crippen LogP contribution is 2.09. The molecule has 0 saturated carbocycles. The van der Waals surface area contributed by atoms with Crippen LogP contribution in [0, 0.1) is 0 Å². The summed E-state index contributed by atoms with van der Waals surface area (Å²) in [6.45, 7) is 1.69. The molecule has 0 spiro atoms. The summed E-state index contributed by atoms with van der Waals surface area (Å²) in [5, 5.41) is 16.5. The molecule has 17 heavy (non-hydrogen) atoms. The first-order chi connectivity index (χ1) is 7.95. The molecule has 0 atom stereocenters. The summed E-state index contributed by atoms with van der Waals surface area (Å²) in [4.78, 5) is 26.3. The molecule has 92 valence electrons. The van der Waals surface area contributed by atoms with E-state index in [9.17, 15) is 14.7 Å². The third kappa shape index (κ3) is 2.93. The maximum absolute atomic E-state index is 11.5. The van der Waals surface area contributed by atoms with Crippen LogP contribution < -0.4 is 22.7 Å². The molecule has 0 radical (unpaired) electrons. The second-order valence-corrected chi connectivity index (χ2v) is 3.06. The van der Waals surface area contributed by atoms with Crippen LogP contribution in [0.15, 0.2) is 19.8 Å². The van der Waals surface area contributed by atoms with Crippen LogP contribution in [0.1, 0.15) is 18.9 Å². The summed E-state index contributed by atoms with van der Waals surface area (Å²) in [7, 11) is 0. The van der Waals surface area contributed by atoms with Gasteiger partial charge in [-0.15, -0.1) is 5.10 Å². The highest BCUT2D eigenvalue weighted by molar-refractivity contribution is 6.02. The summed E-state index contributed by atoms with van der Waals surface area (Å²) in [6.07, 6.45) is 0.291. The first-order valence-corrected chi connectivity index (χ1v) is 4.67. The molecule has 9 heteroatoms. The quantitative estimate of drug-likeness (QED) is 0.237. The lowest BCUT2D eigenvalue weighted by Crippen LogP contribution is -2.28. The number of rotatable bonds is 3. The van der Waals surface area contributed by atoms with Crippen LogP contribution in [-0.2, 0) is 0 Å². The predicted molar refractivity (Wildman–Crippen MR) is 62.0 cm³/mol. The molecule has 0 aliphatic carbocycles. The van der Waals surface area contributed by atoms with Gasteiger partial charge in [0, 0.05) is 0 Å². The fraction of sp³-hybridized carbons (Fsp3) is 0.250. The zero-order valence-electron chi connectivity index (χ0n) is 9.02. The molecule has 9 nitrogen and oxygen atoms in total. The second kappa shape index (κ2) is 4.96. The van der Waals surface area contributed by atoms with Crippen LogP contribution in [0.5, 0.6) is 5.88 Å². The summed E-state index contributed by atoms with van der Waals surface area (Å²) in [6, 6.07) is 0. The van der Waals surface area contributed by atoms with Gasteiger partial charge in [0.1, 0.15) is 5.56 Å². The Morgan fingerprint density at radius 3 is 2.41 bits per heavy atom. The van der Waals surface area contributed by atoms with Crippen molar-refractivity contribution >= 4 is 11.7 Å². The van der Waals surface area contributed by atoms with Gasteiger partial charge in [-0.05, 0) is 6.42 Å². The standard InChI is InChI=1S/C8H12N6O3/c1-2-3(13-14-7(9)10)4-5(15)11-8(17)12-6(4)16/h2H2,1H3,(H4,9,10,14)(H3,11,12,15,16,17). The van der Waals surface area contributed by atoms with Gasteiger partial charge in [0.15, 0.2) is 0 Å². The molecule has 0 saturated heterocycles. The Balaban J connectivity index is 3.41. The number of guanidine groups is 1. The number of aromatic amines is 2. The largest absolute Gasteiger partial charge is 0.494 e. The van der Waals surface area contributed by atoms with Gasteiger partial charge in [0.05, 0.1) is 5.71 Å². The number of nitrogens with one attached hydrogen (secondary N) is 2. The SMILES string of the molecule is CCC(=NN=C(N)N)c1c(O)[nH]c(=O)[nH]c1=O.